The number of halogens is 1. The van der Waals surface area contributed by atoms with Gasteiger partial charge in [-0.05, 0) is 17.7 Å². The van der Waals surface area contributed by atoms with Crippen LogP contribution < -0.4 is 5.56 Å². The normalized spacial score (nSPS) is 14.5. The molecular formula is C16H14ClN3O. The summed E-state index contributed by atoms with van der Waals surface area (Å²) in [6.45, 7) is 2.19. The zero-order valence-corrected chi connectivity index (χ0v) is 12.2. The van der Waals surface area contributed by atoms with Crippen molar-refractivity contribution in [2.75, 3.05) is 6.54 Å². The highest BCUT2D eigenvalue weighted by Gasteiger charge is 2.21. The molecule has 4 nitrogen and oxygen atoms in total. The Balaban J connectivity index is 1.82. The molecule has 2 aromatic rings. The van der Waals surface area contributed by atoms with Crippen molar-refractivity contribution in [2.24, 2.45) is 0 Å². The van der Waals surface area contributed by atoms with Crippen LogP contribution in [0, 0.1) is 12.3 Å². The predicted molar refractivity (Wildman–Crippen MR) is 81.9 cm³/mol. The van der Waals surface area contributed by atoms with E-state index in [2.05, 4.69) is 15.8 Å². The largest absolute Gasteiger partial charge is 0.294 e. The summed E-state index contributed by atoms with van der Waals surface area (Å²) in [7, 11) is 0. The monoisotopic (exact) mass is 299 g/mol. The van der Waals surface area contributed by atoms with E-state index in [1.165, 1.54) is 6.33 Å². The van der Waals surface area contributed by atoms with E-state index in [9.17, 15) is 4.79 Å². The van der Waals surface area contributed by atoms with E-state index in [1.807, 2.05) is 24.3 Å². The van der Waals surface area contributed by atoms with Gasteiger partial charge in [-0.25, -0.2) is 9.07 Å². The number of terminal acetylenes is 1. The Kier molecular flexibility index (Phi) is 3.78. The van der Waals surface area contributed by atoms with Crippen molar-refractivity contribution in [3.05, 3.63) is 63.3 Å². The van der Waals surface area contributed by atoms with E-state index in [1.54, 1.807) is 0 Å². The molecule has 2 heterocycles. The molecule has 0 radical (unpaired) electrons. The summed E-state index contributed by atoms with van der Waals surface area (Å²) >= 11 is 5.79. The molecule has 1 aliphatic rings. The molecule has 0 unspecified atom stereocenters. The van der Waals surface area contributed by atoms with Gasteiger partial charge in [-0.15, -0.1) is 6.42 Å². The van der Waals surface area contributed by atoms with Gasteiger partial charge >= 0.3 is 0 Å². The Morgan fingerprint density at radius 1 is 1.43 bits per heavy atom. The third kappa shape index (κ3) is 2.85. The van der Waals surface area contributed by atoms with E-state index < -0.39 is 0 Å². The molecule has 1 aromatic heterocycles. The first-order valence-corrected chi connectivity index (χ1v) is 7.04. The summed E-state index contributed by atoms with van der Waals surface area (Å²) < 4.78 is 1.02. The van der Waals surface area contributed by atoms with E-state index in [0.29, 0.717) is 12.1 Å². The summed E-state index contributed by atoms with van der Waals surface area (Å²) in [4.78, 5) is 18.5. The number of rotatable bonds is 2. The summed E-state index contributed by atoms with van der Waals surface area (Å²) in [5, 5.41) is 0. The van der Waals surface area contributed by atoms with Crippen LogP contribution in [0.15, 0.2) is 35.4 Å². The first kappa shape index (κ1) is 13.9. The Morgan fingerprint density at radius 2 is 2.29 bits per heavy atom. The molecular weight excluding hydrogens is 286 g/mol. The van der Waals surface area contributed by atoms with Crippen LogP contribution in [0.1, 0.15) is 22.4 Å². The van der Waals surface area contributed by atoms with Crippen molar-refractivity contribution in [1.29, 1.82) is 0 Å². The van der Waals surface area contributed by atoms with E-state index >= 15 is 0 Å². The number of aromatic nitrogens is 2. The number of hydrogen-bond acceptors (Lipinski definition) is 3. The quantitative estimate of drug-likeness (QED) is 0.794. The summed E-state index contributed by atoms with van der Waals surface area (Å²) in [6.07, 6.45) is 7.55. The fraction of sp³-hybridized carbons (Fsp3) is 0.250. The van der Waals surface area contributed by atoms with Gasteiger partial charge < -0.3 is 0 Å². The lowest BCUT2D eigenvalue weighted by Crippen LogP contribution is -2.36. The van der Waals surface area contributed by atoms with E-state index in [0.717, 1.165) is 40.4 Å². The lowest BCUT2D eigenvalue weighted by molar-refractivity contribution is 0.241. The minimum absolute atomic E-state index is 0.177. The highest BCUT2D eigenvalue weighted by atomic mass is 35.5. The molecule has 0 saturated heterocycles. The third-order valence-electron chi connectivity index (χ3n) is 3.66. The topological polar surface area (TPSA) is 38.1 Å². The van der Waals surface area contributed by atoms with Crippen LogP contribution in [0.4, 0.5) is 0 Å². The zero-order chi connectivity index (χ0) is 14.8. The second kappa shape index (κ2) is 5.72. The van der Waals surface area contributed by atoms with Gasteiger partial charge in [-0.1, -0.05) is 18.1 Å². The van der Waals surface area contributed by atoms with Crippen LogP contribution in [0.3, 0.4) is 0 Å². The summed E-state index contributed by atoms with van der Waals surface area (Å²) in [5.41, 5.74) is 3.37. The molecule has 0 saturated carbocycles. The smallest absolute Gasteiger partial charge is 0.272 e. The van der Waals surface area contributed by atoms with Gasteiger partial charge in [-0.3, -0.25) is 9.69 Å². The number of nitrogens with zero attached hydrogens (tertiary/aromatic N) is 3. The number of benzene rings is 1. The average molecular weight is 300 g/mol. The highest BCUT2D eigenvalue weighted by molar-refractivity contribution is 6.15. The maximum absolute atomic E-state index is 12.0. The molecule has 0 bridgehead atoms. The van der Waals surface area contributed by atoms with Crippen molar-refractivity contribution in [3.63, 3.8) is 0 Å². The highest BCUT2D eigenvalue weighted by Crippen LogP contribution is 2.16. The maximum Gasteiger partial charge on any atom is 0.272 e. The van der Waals surface area contributed by atoms with Crippen molar-refractivity contribution in [1.82, 2.24) is 14.0 Å². The van der Waals surface area contributed by atoms with Gasteiger partial charge in [-0.2, -0.15) is 0 Å². The molecule has 0 fully saturated rings. The molecule has 1 aliphatic heterocycles. The Morgan fingerprint density at radius 3 is 3.10 bits per heavy atom. The number of fused-ring (bicyclic) bond motifs is 1. The molecule has 0 N–H and O–H groups in total. The van der Waals surface area contributed by atoms with Crippen molar-refractivity contribution < 1.29 is 0 Å². The maximum atomic E-state index is 12.0. The SMILES string of the molecule is C#Cc1cccc(CN2CCc3ncn(Cl)c(=O)c3C2)c1. The third-order valence-corrected chi connectivity index (χ3v) is 3.90. The Hall–Kier alpha value is -2.09. The van der Waals surface area contributed by atoms with E-state index in [-0.39, 0.29) is 5.56 Å². The Bertz CT molecular complexity index is 776. The van der Waals surface area contributed by atoms with Gasteiger partial charge in [0.1, 0.15) is 6.33 Å². The first-order chi connectivity index (χ1) is 10.2. The second-order valence-electron chi connectivity index (χ2n) is 5.09. The van der Waals surface area contributed by atoms with Crippen LogP contribution in [0.25, 0.3) is 0 Å². The van der Waals surface area contributed by atoms with Gasteiger partial charge in [0, 0.05) is 43.4 Å². The van der Waals surface area contributed by atoms with Crippen LogP contribution in [0.5, 0.6) is 0 Å². The van der Waals surface area contributed by atoms with Gasteiger partial charge in [0.25, 0.3) is 5.56 Å². The number of hydrogen-bond donors (Lipinski definition) is 0. The fourth-order valence-electron chi connectivity index (χ4n) is 2.60. The molecule has 21 heavy (non-hydrogen) atoms. The van der Waals surface area contributed by atoms with Crippen LogP contribution >= 0.6 is 11.8 Å². The van der Waals surface area contributed by atoms with Crippen molar-refractivity contribution >= 4 is 11.8 Å². The lowest BCUT2D eigenvalue weighted by atomic mass is 10.1. The molecule has 106 valence electrons. The minimum Gasteiger partial charge on any atom is -0.294 e. The molecule has 0 atom stereocenters. The van der Waals surface area contributed by atoms with Crippen molar-refractivity contribution in [2.45, 2.75) is 19.5 Å². The van der Waals surface area contributed by atoms with E-state index in [4.69, 9.17) is 18.2 Å². The summed E-state index contributed by atoms with van der Waals surface area (Å²) in [6, 6.07) is 7.90. The molecule has 1 aromatic carbocycles. The zero-order valence-electron chi connectivity index (χ0n) is 11.4. The second-order valence-corrected chi connectivity index (χ2v) is 5.46. The molecule has 5 heteroatoms. The first-order valence-electron chi connectivity index (χ1n) is 6.71. The lowest BCUT2D eigenvalue weighted by Gasteiger charge is -2.27. The van der Waals surface area contributed by atoms with Crippen molar-refractivity contribution in [3.8, 4) is 12.3 Å². The molecule has 0 spiro atoms. The minimum atomic E-state index is -0.177. The van der Waals surface area contributed by atoms with Crippen LogP contribution in [-0.2, 0) is 19.5 Å². The van der Waals surface area contributed by atoms with Crippen LogP contribution in [0.2, 0.25) is 0 Å². The van der Waals surface area contributed by atoms with Gasteiger partial charge in [0.15, 0.2) is 0 Å². The van der Waals surface area contributed by atoms with Crippen LogP contribution in [-0.4, -0.2) is 20.5 Å². The molecule has 0 aliphatic carbocycles. The molecule has 3 rings (SSSR count). The summed E-state index contributed by atoms with van der Waals surface area (Å²) in [5.74, 6) is 2.64. The van der Waals surface area contributed by atoms with Gasteiger partial charge in [0.05, 0.1) is 11.3 Å². The standard InChI is InChI=1S/C16H14ClN3O/c1-2-12-4-3-5-13(8-12)9-19-7-6-15-14(10-19)16(21)20(17)11-18-15/h1,3-5,8,11H,6-7,9-10H2. The average Bonchev–Trinajstić information content (AvgIpc) is 2.52. The fourth-order valence-corrected chi connectivity index (χ4v) is 2.74. The van der Waals surface area contributed by atoms with Gasteiger partial charge in [0.2, 0.25) is 0 Å². The predicted octanol–water partition coefficient (Wildman–Crippen LogP) is 1.78. The Labute approximate surface area is 128 Å². The molecule has 0 amide bonds.